The summed E-state index contributed by atoms with van der Waals surface area (Å²) in [6.45, 7) is 3.71. The maximum Gasteiger partial charge on any atom is 0.328 e. The summed E-state index contributed by atoms with van der Waals surface area (Å²) in [5, 5.41) is -1.08. The van der Waals surface area contributed by atoms with E-state index in [2.05, 4.69) is 0 Å². The molecular formula is C11H12ClFO2. The van der Waals surface area contributed by atoms with Crippen molar-refractivity contribution in [3.8, 4) is 0 Å². The zero-order chi connectivity index (χ0) is 11.4. The van der Waals surface area contributed by atoms with E-state index in [9.17, 15) is 9.18 Å². The molecule has 15 heavy (non-hydrogen) atoms. The van der Waals surface area contributed by atoms with Gasteiger partial charge in [0.2, 0.25) is 0 Å². The van der Waals surface area contributed by atoms with E-state index in [1.165, 1.54) is 6.07 Å². The van der Waals surface area contributed by atoms with E-state index in [1.54, 1.807) is 26.0 Å². The minimum atomic E-state index is -1.08. The lowest BCUT2D eigenvalue weighted by molar-refractivity contribution is -0.142. The molecule has 0 saturated heterocycles. The van der Waals surface area contributed by atoms with Crippen molar-refractivity contribution in [1.82, 2.24) is 0 Å². The van der Waals surface area contributed by atoms with E-state index in [0.717, 1.165) is 5.56 Å². The number of ether oxygens (including phenoxy) is 1. The first kappa shape index (κ1) is 12.0. The quantitative estimate of drug-likeness (QED) is 0.590. The van der Waals surface area contributed by atoms with Crippen LogP contribution in [0, 0.1) is 12.7 Å². The van der Waals surface area contributed by atoms with Gasteiger partial charge in [-0.1, -0.05) is 17.7 Å². The van der Waals surface area contributed by atoms with Gasteiger partial charge in [0, 0.05) is 5.56 Å². The number of aryl methyl sites for hydroxylation is 1. The van der Waals surface area contributed by atoms with Crippen molar-refractivity contribution >= 4 is 17.6 Å². The second-order valence-electron chi connectivity index (χ2n) is 3.14. The van der Waals surface area contributed by atoms with Crippen LogP contribution in [-0.4, -0.2) is 12.6 Å². The van der Waals surface area contributed by atoms with Crippen molar-refractivity contribution in [1.29, 1.82) is 0 Å². The van der Waals surface area contributed by atoms with E-state index in [4.69, 9.17) is 16.3 Å². The molecule has 1 rings (SSSR count). The van der Waals surface area contributed by atoms with Gasteiger partial charge in [0.05, 0.1) is 6.61 Å². The molecular weight excluding hydrogens is 219 g/mol. The predicted molar refractivity (Wildman–Crippen MR) is 56.4 cm³/mol. The third-order valence-electron chi connectivity index (χ3n) is 1.92. The zero-order valence-corrected chi connectivity index (χ0v) is 9.34. The molecule has 0 aliphatic rings. The summed E-state index contributed by atoms with van der Waals surface area (Å²) >= 11 is 5.80. The number of carbonyl (C=O) groups is 1. The van der Waals surface area contributed by atoms with Gasteiger partial charge < -0.3 is 4.74 Å². The Bertz CT molecular complexity index is 366. The molecule has 0 heterocycles. The Hall–Kier alpha value is -1.09. The summed E-state index contributed by atoms with van der Waals surface area (Å²) in [6.07, 6.45) is 0. The second-order valence-corrected chi connectivity index (χ2v) is 3.58. The maximum absolute atomic E-state index is 13.3. The van der Waals surface area contributed by atoms with E-state index in [1.807, 2.05) is 0 Å². The fraction of sp³-hybridized carbons (Fsp3) is 0.364. The molecule has 0 amide bonds. The minimum absolute atomic E-state index is 0.162. The zero-order valence-electron chi connectivity index (χ0n) is 8.59. The summed E-state index contributed by atoms with van der Waals surface area (Å²) in [7, 11) is 0. The van der Waals surface area contributed by atoms with Gasteiger partial charge in [-0.05, 0) is 19.9 Å². The van der Waals surface area contributed by atoms with Gasteiger partial charge in [0.1, 0.15) is 5.82 Å². The van der Waals surface area contributed by atoms with Crippen molar-refractivity contribution in [2.75, 3.05) is 6.61 Å². The van der Waals surface area contributed by atoms with Crippen LogP contribution >= 0.6 is 11.6 Å². The molecule has 0 spiro atoms. The number of halogens is 2. The van der Waals surface area contributed by atoms with Crippen LogP contribution < -0.4 is 0 Å². The third-order valence-corrected chi connectivity index (χ3v) is 2.33. The maximum atomic E-state index is 13.3. The fourth-order valence-corrected chi connectivity index (χ4v) is 1.43. The van der Waals surface area contributed by atoms with Gasteiger partial charge in [-0.15, -0.1) is 11.6 Å². The highest BCUT2D eigenvalue weighted by atomic mass is 35.5. The van der Waals surface area contributed by atoms with E-state index in [-0.39, 0.29) is 12.2 Å². The lowest BCUT2D eigenvalue weighted by atomic mass is 10.1. The molecule has 1 aromatic rings. The van der Waals surface area contributed by atoms with Crippen molar-refractivity contribution in [3.05, 3.63) is 35.1 Å². The van der Waals surface area contributed by atoms with Crippen LogP contribution in [0.5, 0.6) is 0 Å². The standard InChI is InChI=1S/C11H12ClFO2/c1-3-15-11(14)10(12)8-6-7(2)4-5-9(8)13/h4-6,10H,3H2,1-2H3. The highest BCUT2D eigenvalue weighted by Gasteiger charge is 2.22. The summed E-state index contributed by atoms with van der Waals surface area (Å²) in [6, 6.07) is 4.46. The van der Waals surface area contributed by atoms with Crippen molar-refractivity contribution in [3.63, 3.8) is 0 Å². The summed E-state index contributed by atoms with van der Waals surface area (Å²) in [5.74, 6) is -1.11. The average Bonchev–Trinajstić information content (AvgIpc) is 2.21. The highest BCUT2D eigenvalue weighted by Crippen LogP contribution is 2.25. The molecule has 1 aromatic carbocycles. The monoisotopic (exact) mass is 230 g/mol. The Morgan fingerprint density at radius 1 is 1.60 bits per heavy atom. The van der Waals surface area contributed by atoms with Crippen LogP contribution in [0.2, 0.25) is 0 Å². The van der Waals surface area contributed by atoms with E-state index >= 15 is 0 Å². The Kier molecular flexibility index (Phi) is 4.09. The molecule has 0 bridgehead atoms. The molecule has 2 nitrogen and oxygen atoms in total. The Labute approximate surface area is 93.0 Å². The largest absolute Gasteiger partial charge is 0.465 e. The number of esters is 1. The molecule has 0 radical (unpaired) electrons. The Morgan fingerprint density at radius 2 is 2.27 bits per heavy atom. The van der Waals surface area contributed by atoms with Gasteiger partial charge in [-0.25, -0.2) is 4.39 Å². The van der Waals surface area contributed by atoms with Gasteiger partial charge in [-0.2, -0.15) is 0 Å². The lowest BCUT2D eigenvalue weighted by Gasteiger charge is -2.10. The number of hydrogen-bond donors (Lipinski definition) is 0. The number of alkyl halides is 1. The van der Waals surface area contributed by atoms with Gasteiger partial charge in [0.15, 0.2) is 5.38 Å². The summed E-state index contributed by atoms with van der Waals surface area (Å²) in [5.41, 5.74) is 1.01. The van der Waals surface area contributed by atoms with E-state index < -0.39 is 17.2 Å². The average molecular weight is 231 g/mol. The molecule has 0 fully saturated rings. The normalized spacial score (nSPS) is 12.3. The van der Waals surface area contributed by atoms with Crippen LogP contribution in [-0.2, 0) is 9.53 Å². The van der Waals surface area contributed by atoms with Crippen molar-refractivity contribution in [2.24, 2.45) is 0 Å². The molecule has 82 valence electrons. The fourth-order valence-electron chi connectivity index (χ4n) is 1.20. The lowest BCUT2D eigenvalue weighted by Crippen LogP contribution is -2.12. The number of benzene rings is 1. The Morgan fingerprint density at radius 3 is 2.87 bits per heavy atom. The minimum Gasteiger partial charge on any atom is -0.465 e. The first-order chi connectivity index (χ1) is 7.06. The van der Waals surface area contributed by atoms with Crippen molar-refractivity contribution < 1.29 is 13.9 Å². The molecule has 0 aliphatic carbocycles. The van der Waals surface area contributed by atoms with Gasteiger partial charge in [0.25, 0.3) is 0 Å². The first-order valence-corrected chi connectivity index (χ1v) is 5.06. The number of carbonyl (C=O) groups excluding carboxylic acids is 1. The summed E-state index contributed by atoms with van der Waals surface area (Å²) in [4.78, 5) is 11.3. The van der Waals surface area contributed by atoms with Gasteiger partial charge in [-0.3, -0.25) is 4.79 Å². The topological polar surface area (TPSA) is 26.3 Å². The molecule has 0 saturated carbocycles. The van der Waals surface area contributed by atoms with Crippen LogP contribution in [0.25, 0.3) is 0 Å². The third kappa shape index (κ3) is 2.93. The van der Waals surface area contributed by atoms with Crippen LogP contribution in [0.15, 0.2) is 18.2 Å². The number of rotatable bonds is 3. The van der Waals surface area contributed by atoms with Crippen LogP contribution in [0.3, 0.4) is 0 Å². The highest BCUT2D eigenvalue weighted by molar-refractivity contribution is 6.29. The van der Waals surface area contributed by atoms with E-state index in [0.29, 0.717) is 0 Å². The van der Waals surface area contributed by atoms with Crippen LogP contribution in [0.4, 0.5) is 4.39 Å². The number of hydrogen-bond acceptors (Lipinski definition) is 2. The SMILES string of the molecule is CCOC(=O)C(Cl)c1cc(C)ccc1F. The molecule has 0 aliphatic heterocycles. The van der Waals surface area contributed by atoms with Crippen LogP contribution in [0.1, 0.15) is 23.4 Å². The molecule has 0 N–H and O–H groups in total. The molecule has 1 unspecified atom stereocenters. The summed E-state index contributed by atoms with van der Waals surface area (Å²) < 4.78 is 18.0. The van der Waals surface area contributed by atoms with Gasteiger partial charge >= 0.3 is 5.97 Å². The molecule has 4 heteroatoms. The predicted octanol–water partition coefficient (Wildman–Crippen LogP) is 2.98. The smallest absolute Gasteiger partial charge is 0.328 e. The van der Waals surface area contributed by atoms with Crippen molar-refractivity contribution in [2.45, 2.75) is 19.2 Å². The molecule has 1 atom stereocenters. The first-order valence-electron chi connectivity index (χ1n) is 4.63. The molecule has 0 aromatic heterocycles. The Balaban J connectivity index is 2.94. The second kappa shape index (κ2) is 5.12.